The molecule has 3 N–H and O–H groups in total. The minimum Gasteiger partial charge on any atom is -0.356 e. The molecule has 0 atom stereocenters. The fourth-order valence-electron chi connectivity index (χ4n) is 3.40. The first-order chi connectivity index (χ1) is 15.3. The first kappa shape index (κ1) is 29.8. The second kappa shape index (κ2) is 18.4. The Kier molecular flexibility index (Phi) is 17.1. The number of carbonyl (C=O) groups excluding carboxylic acids is 3. The van der Waals surface area contributed by atoms with Crippen LogP contribution in [0.4, 0.5) is 0 Å². The average Bonchev–Trinajstić information content (AvgIpc) is 2.75. The highest BCUT2D eigenvalue weighted by Gasteiger charge is 2.42. The van der Waals surface area contributed by atoms with Crippen molar-refractivity contribution in [1.82, 2.24) is 16.0 Å². The molecule has 9 heteroatoms. The Labute approximate surface area is 193 Å². The van der Waals surface area contributed by atoms with Gasteiger partial charge in [-0.3, -0.25) is 24.5 Å². The number of nitrogens with zero attached hydrogens (tertiary/aromatic N) is 1. The monoisotopic (exact) mass is 456 g/mol. The Morgan fingerprint density at radius 2 is 1.03 bits per heavy atom. The molecule has 0 unspecified atom stereocenters. The van der Waals surface area contributed by atoms with Crippen molar-refractivity contribution in [3.05, 3.63) is 10.1 Å². The van der Waals surface area contributed by atoms with Crippen molar-refractivity contribution in [3.8, 4) is 0 Å². The number of hydrogen-bond donors (Lipinski definition) is 3. The highest BCUT2D eigenvalue weighted by Crippen LogP contribution is 2.30. The smallest absolute Gasteiger partial charge is 0.223 e. The molecule has 0 aromatic rings. The zero-order valence-corrected chi connectivity index (χ0v) is 20.3. The van der Waals surface area contributed by atoms with Crippen molar-refractivity contribution in [1.29, 1.82) is 0 Å². The van der Waals surface area contributed by atoms with Gasteiger partial charge < -0.3 is 16.0 Å². The number of nitro groups is 1. The van der Waals surface area contributed by atoms with Gasteiger partial charge in [0.25, 0.3) is 0 Å². The van der Waals surface area contributed by atoms with Crippen LogP contribution in [0, 0.1) is 10.1 Å². The van der Waals surface area contributed by atoms with Crippen LogP contribution in [0.1, 0.15) is 104 Å². The molecule has 0 spiro atoms. The average molecular weight is 457 g/mol. The maximum atomic E-state index is 12.2. The third-order valence-corrected chi connectivity index (χ3v) is 5.63. The topological polar surface area (TPSA) is 130 Å². The minimum atomic E-state index is -1.39. The fraction of sp³-hybridized carbons (Fsp3) is 0.870. The van der Waals surface area contributed by atoms with Gasteiger partial charge >= 0.3 is 0 Å². The molecule has 0 aliphatic carbocycles. The van der Waals surface area contributed by atoms with Crippen molar-refractivity contribution in [2.45, 2.75) is 110 Å². The third-order valence-electron chi connectivity index (χ3n) is 5.63. The van der Waals surface area contributed by atoms with Gasteiger partial charge in [-0.1, -0.05) is 40.0 Å². The number of carbonyl (C=O) groups is 3. The number of hydrogen-bond acceptors (Lipinski definition) is 5. The SMILES string of the molecule is CCCCNC(=O)CCCC(CCC(=O)NCCCC)(CCC(=O)NCCCC)[N+](=O)[O-]. The van der Waals surface area contributed by atoms with Crippen LogP contribution in [-0.2, 0) is 14.4 Å². The summed E-state index contributed by atoms with van der Waals surface area (Å²) in [5, 5.41) is 20.5. The summed E-state index contributed by atoms with van der Waals surface area (Å²) in [6, 6.07) is 0. The summed E-state index contributed by atoms with van der Waals surface area (Å²) in [6.45, 7) is 7.79. The van der Waals surface area contributed by atoms with Gasteiger partial charge in [-0.2, -0.15) is 0 Å². The van der Waals surface area contributed by atoms with E-state index in [1.54, 1.807) is 0 Å². The van der Waals surface area contributed by atoms with Gasteiger partial charge in [-0.05, 0) is 25.7 Å². The van der Waals surface area contributed by atoms with Crippen LogP contribution < -0.4 is 16.0 Å². The molecule has 0 radical (unpaired) electrons. The summed E-state index contributed by atoms with van der Waals surface area (Å²) >= 11 is 0. The van der Waals surface area contributed by atoms with Crippen LogP contribution in [0.5, 0.6) is 0 Å². The maximum absolute atomic E-state index is 12.2. The van der Waals surface area contributed by atoms with E-state index < -0.39 is 5.54 Å². The molecule has 0 bridgehead atoms. The number of amides is 3. The van der Waals surface area contributed by atoms with Gasteiger partial charge in [0.2, 0.25) is 23.3 Å². The van der Waals surface area contributed by atoms with E-state index in [4.69, 9.17) is 0 Å². The summed E-state index contributed by atoms with van der Waals surface area (Å²) in [6.07, 6.45) is 6.36. The molecule has 32 heavy (non-hydrogen) atoms. The summed E-state index contributed by atoms with van der Waals surface area (Å²) in [5.74, 6) is -0.547. The third kappa shape index (κ3) is 14.0. The molecule has 0 aromatic heterocycles. The number of rotatable bonds is 20. The first-order valence-corrected chi connectivity index (χ1v) is 12.3. The molecule has 9 nitrogen and oxygen atoms in total. The van der Waals surface area contributed by atoms with E-state index in [0.29, 0.717) is 26.1 Å². The maximum Gasteiger partial charge on any atom is 0.223 e. The van der Waals surface area contributed by atoms with E-state index in [-0.39, 0.29) is 61.2 Å². The zero-order valence-electron chi connectivity index (χ0n) is 20.3. The van der Waals surface area contributed by atoms with Crippen molar-refractivity contribution >= 4 is 17.7 Å². The number of unbranched alkanes of at least 4 members (excludes halogenated alkanes) is 3. The number of nitrogens with one attached hydrogen (secondary N) is 3. The van der Waals surface area contributed by atoms with Gasteiger partial charge in [-0.15, -0.1) is 0 Å². The van der Waals surface area contributed by atoms with Crippen molar-refractivity contribution in [2.75, 3.05) is 19.6 Å². The highest BCUT2D eigenvalue weighted by atomic mass is 16.6. The van der Waals surface area contributed by atoms with Gasteiger partial charge in [0, 0.05) is 63.1 Å². The van der Waals surface area contributed by atoms with E-state index in [1.165, 1.54) is 0 Å². The second-order valence-electron chi connectivity index (χ2n) is 8.45. The molecule has 0 rings (SSSR count). The Hall–Kier alpha value is -2.19. The van der Waals surface area contributed by atoms with E-state index >= 15 is 0 Å². The van der Waals surface area contributed by atoms with Crippen LogP contribution >= 0.6 is 0 Å². The Morgan fingerprint density at radius 1 is 0.656 bits per heavy atom. The van der Waals surface area contributed by atoms with Crippen LogP contribution in [0.25, 0.3) is 0 Å². The molecular weight excluding hydrogens is 412 g/mol. The molecule has 0 fully saturated rings. The molecular formula is C23H44N4O5. The molecule has 3 amide bonds. The Balaban J connectivity index is 4.99. The lowest BCUT2D eigenvalue weighted by Crippen LogP contribution is -2.41. The molecule has 0 saturated carbocycles. The molecule has 0 aliphatic rings. The van der Waals surface area contributed by atoms with Crippen LogP contribution in [0.15, 0.2) is 0 Å². The zero-order chi connectivity index (χ0) is 24.2. The van der Waals surface area contributed by atoms with E-state index in [9.17, 15) is 24.5 Å². The van der Waals surface area contributed by atoms with E-state index in [1.807, 2.05) is 20.8 Å². The summed E-state index contributed by atoms with van der Waals surface area (Å²) < 4.78 is 0. The molecule has 0 heterocycles. The van der Waals surface area contributed by atoms with Crippen molar-refractivity contribution in [2.24, 2.45) is 0 Å². The standard InChI is InChI=1S/C23H44N4O5/c1-4-7-17-24-20(28)11-10-14-23(27(31)32,15-12-21(29)25-18-8-5-2)16-13-22(30)26-19-9-6-3/h4-19H2,1-3H3,(H,24,28)(H,25,29)(H,26,30). The lowest BCUT2D eigenvalue weighted by atomic mass is 9.83. The predicted octanol–water partition coefficient (Wildman–Crippen LogP) is 3.48. The molecule has 0 aromatic carbocycles. The van der Waals surface area contributed by atoms with Crippen molar-refractivity contribution in [3.63, 3.8) is 0 Å². The minimum absolute atomic E-state index is 0.0326. The molecule has 0 aliphatic heterocycles. The van der Waals surface area contributed by atoms with Crippen LogP contribution in [0.2, 0.25) is 0 Å². The van der Waals surface area contributed by atoms with E-state index in [2.05, 4.69) is 16.0 Å². The van der Waals surface area contributed by atoms with Gasteiger partial charge in [0.1, 0.15) is 0 Å². The quantitative estimate of drug-likeness (QED) is 0.147. The largest absolute Gasteiger partial charge is 0.356 e. The fourth-order valence-corrected chi connectivity index (χ4v) is 3.40. The Bertz CT molecular complexity index is 543. The molecule has 186 valence electrons. The lowest BCUT2D eigenvalue weighted by molar-refractivity contribution is -0.573. The van der Waals surface area contributed by atoms with Crippen molar-refractivity contribution < 1.29 is 19.3 Å². The van der Waals surface area contributed by atoms with Crippen LogP contribution in [-0.4, -0.2) is 47.8 Å². The summed E-state index contributed by atoms with van der Waals surface area (Å²) in [7, 11) is 0. The Morgan fingerprint density at radius 3 is 1.38 bits per heavy atom. The lowest BCUT2D eigenvalue weighted by Gasteiger charge is -2.25. The predicted molar refractivity (Wildman–Crippen MR) is 126 cm³/mol. The van der Waals surface area contributed by atoms with Gasteiger partial charge in [-0.25, -0.2) is 0 Å². The highest BCUT2D eigenvalue weighted by molar-refractivity contribution is 5.77. The second-order valence-corrected chi connectivity index (χ2v) is 8.45. The first-order valence-electron chi connectivity index (χ1n) is 12.3. The van der Waals surface area contributed by atoms with E-state index in [0.717, 1.165) is 38.5 Å². The molecule has 0 saturated heterocycles. The summed E-state index contributed by atoms with van der Waals surface area (Å²) in [5.41, 5.74) is -1.39. The summed E-state index contributed by atoms with van der Waals surface area (Å²) in [4.78, 5) is 48.0. The van der Waals surface area contributed by atoms with Gasteiger partial charge in [0.05, 0.1) is 0 Å². The van der Waals surface area contributed by atoms with Gasteiger partial charge in [0.15, 0.2) is 0 Å². The van der Waals surface area contributed by atoms with Crippen LogP contribution in [0.3, 0.4) is 0 Å². The normalized spacial score (nSPS) is 11.1.